The lowest BCUT2D eigenvalue weighted by atomic mass is 9.99. The number of thiazole rings is 1. The third kappa shape index (κ3) is 6.84. The minimum absolute atomic E-state index is 0.113. The number of unbranched alkanes of at least 4 members (excludes halogenated alkanes) is 2. The molecule has 0 radical (unpaired) electrons. The summed E-state index contributed by atoms with van der Waals surface area (Å²) in [4.78, 5) is 27.8. The molecule has 37 heavy (non-hydrogen) atoms. The van der Waals surface area contributed by atoms with Crippen LogP contribution in [0.4, 0.5) is 18.3 Å². The minimum atomic E-state index is -1.32. The number of halogens is 3. The summed E-state index contributed by atoms with van der Waals surface area (Å²) in [5.41, 5.74) is -0.182. The number of methoxy groups -OCH3 is 1. The molecule has 0 spiro atoms. The normalized spacial score (nSPS) is 12.4. The molecule has 6 nitrogen and oxygen atoms in total. The van der Waals surface area contributed by atoms with Gasteiger partial charge in [-0.1, -0.05) is 38.3 Å². The van der Waals surface area contributed by atoms with Crippen molar-refractivity contribution in [1.29, 1.82) is 0 Å². The Morgan fingerprint density at radius 1 is 1.19 bits per heavy atom. The Kier molecular flexibility index (Phi) is 9.60. The maximum absolute atomic E-state index is 15.4. The molecule has 10 heteroatoms. The molecule has 2 aromatic carbocycles. The van der Waals surface area contributed by atoms with Crippen molar-refractivity contribution < 1.29 is 32.6 Å². The van der Waals surface area contributed by atoms with Gasteiger partial charge >= 0.3 is 5.97 Å². The summed E-state index contributed by atoms with van der Waals surface area (Å²) >= 11 is 1.03. The monoisotopic (exact) mass is 532 g/mol. The summed E-state index contributed by atoms with van der Waals surface area (Å²) in [6.07, 6.45) is 4.10. The van der Waals surface area contributed by atoms with E-state index in [9.17, 15) is 18.4 Å². The topological polar surface area (TPSA) is 88.5 Å². The van der Waals surface area contributed by atoms with Crippen LogP contribution in [0.25, 0.3) is 17.3 Å². The molecule has 0 bridgehead atoms. The summed E-state index contributed by atoms with van der Waals surface area (Å²) in [6.45, 7) is 3.28. The van der Waals surface area contributed by atoms with Crippen LogP contribution in [0.15, 0.2) is 41.3 Å². The van der Waals surface area contributed by atoms with E-state index in [2.05, 4.69) is 17.2 Å². The van der Waals surface area contributed by atoms with Gasteiger partial charge in [-0.05, 0) is 37.6 Å². The van der Waals surface area contributed by atoms with Crippen molar-refractivity contribution >= 4 is 34.4 Å². The highest BCUT2D eigenvalue weighted by molar-refractivity contribution is 7.14. The van der Waals surface area contributed by atoms with Crippen molar-refractivity contribution in [3.63, 3.8) is 0 Å². The fourth-order valence-electron chi connectivity index (χ4n) is 3.73. The summed E-state index contributed by atoms with van der Waals surface area (Å²) in [6, 6.07) is 6.58. The number of hydrogen-bond donors (Lipinski definition) is 2. The van der Waals surface area contributed by atoms with E-state index < -0.39 is 41.0 Å². The predicted octanol–water partition coefficient (Wildman–Crippen LogP) is 7.24. The number of hydrogen-bond acceptors (Lipinski definition) is 5. The molecule has 0 saturated carbocycles. The zero-order valence-corrected chi connectivity index (χ0v) is 21.4. The zero-order chi connectivity index (χ0) is 27.1. The number of nitrogens with one attached hydrogen (secondary N) is 1. The second-order valence-electron chi connectivity index (χ2n) is 8.41. The first kappa shape index (κ1) is 28.1. The molecule has 1 amide bonds. The molecule has 3 aromatic rings. The third-order valence-corrected chi connectivity index (χ3v) is 6.53. The van der Waals surface area contributed by atoms with Gasteiger partial charge < -0.3 is 9.84 Å². The number of benzene rings is 2. The highest BCUT2D eigenvalue weighted by atomic mass is 32.1. The van der Waals surface area contributed by atoms with Crippen LogP contribution >= 0.6 is 11.3 Å². The van der Waals surface area contributed by atoms with E-state index in [0.29, 0.717) is 17.7 Å². The largest absolute Gasteiger partial charge is 0.478 e. The number of anilines is 1. The van der Waals surface area contributed by atoms with Crippen LogP contribution in [0.3, 0.4) is 0 Å². The molecule has 0 fully saturated rings. The first-order valence-corrected chi connectivity index (χ1v) is 12.5. The van der Waals surface area contributed by atoms with E-state index >= 15 is 4.39 Å². The quantitative estimate of drug-likeness (QED) is 0.201. The lowest BCUT2D eigenvalue weighted by Gasteiger charge is -2.17. The van der Waals surface area contributed by atoms with Crippen molar-refractivity contribution in [3.8, 4) is 11.3 Å². The number of carbonyl (C=O) groups is 2. The standard InChI is InChI=1S/C27H27F3N2O4S/c1-4-5-6-10-23(36-3)18-9-7-8-17(24(18)30)22-14-37-27(31-22)32-25(33)16-12-20(28)19(21(29)13-16)11-15(2)26(34)35/h7-9,11-14,23H,4-6,10H2,1-3H3,(H,34,35)(H,31,32,33). The molecule has 2 N–H and O–H groups in total. The number of aliphatic carboxylic acids is 1. The summed E-state index contributed by atoms with van der Waals surface area (Å²) in [5.74, 6) is -4.78. The van der Waals surface area contributed by atoms with Crippen molar-refractivity contribution in [2.24, 2.45) is 0 Å². The van der Waals surface area contributed by atoms with Crippen molar-refractivity contribution in [1.82, 2.24) is 4.98 Å². The van der Waals surface area contributed by atoms with Crippen LogP contribution in [0.1, 0.15) is 67.1 Å². The first-order chi connectivity index (χ1) is 17.7. The molecule has 1 heterocycles. The number of aromatic nitrogens is 1. The van der Waals surface area contributed by atoms with Crippen molar-refractivity contribution in [2.45, 2.75) is 45.6 Å². The van der Waals surface area contributed by atoms with Crippen molar-refractivity contribution in [3.05, 3.63) is 75.4 Å². The van der Waals surface area contributed by atoms with Gasteiger partial charge in [-0.2, -0.15) is 0 Å². The Bertz CT molecular complexity index is 1300. The lowest BCUT2D eigenvalue weighted by molar-refractivity contribution is -0.132. The van der Waals surface area contributed by atoms with E-state index in [1.165, 1.54) is 6.92 Å². The van der Waals surface area contributed by atoms with E-state index in [4.69, 9.17) is 9.84 Å². The van der Waals surface area contributed by atoms with Gasteiger partial charge in [0.15, 0.2) is 5.13 Å². The van der Waals surface area contributed by atoms with E-state index in [-0.39, 0.29) is 21.8 Å². The molecule has 0 aliphatic rings. The van der Waals surface area contributed by atoms with Gasteiger partial charge in [-0.25, -0.2) is 22.9 Å². The van der Waals surface area contributed by atoms with E-state index in [1.807, 2.05) is 0 Å². The maximum atomic E-state index is 15.4. The molecule has 196 valence electrons. The van der Waals surface area contributed by atoms with Crippen LogP contribution < -0.4 is 5.32 Å². The average Bonchev–Trinajstić information content (AvgIpc) is 3.32. The molecule has 0 saturated heterocycles. The van der Waals surface area contributed by atoms with Crippen LogP contribution in [-0.4, -0.2) is 29.1 Å². The Hall–Kier alpha value is -3.50. The second-order valence-corrected chi connectivity index (χ2v) is 9.27. The van der Waals surface area contributed by atoms with Gasteiger partial charge in [-0.15, -0.1) is 11.3 Å². The maximum Gasteiger partial charge on any atom is 0.331 e. The van der Waals surface area contributed by atoms with Gasteiger partial charge in [0.2, 0.25) is 0 Å². The van der Waals surface area contributed by atoms with Gasteiger partial charge in [0, 0.05) is 40.3 Å². The Morgan fingerprint density at radius 3 is 2.51 bits per heavy atom. The smallest absolute Gasteiger partial charge is 0.331 e. The highest BCUT2D eigenvalue weighted by Crippen LogP contribution is 2.33. The molecular weight excluding hydrogens is 505 g/mol. The van der Waals surface area contributed by atoms with Crippen molar-refractivity contribution in [2.75, 3.05) is 12.4 Å². The molecule has 1 atom stereocenters. The summed E-state index contributed by atoms with van der Waals surface area (Å²) < 4.78 is 49.7. The number of nitrogens with zero attached hydrogens (tertiary/aromatic N) is 1. The molecule has 3 rings (SSSR count). The number of carboxylic acid groups (broad SMARTS) is 1. The van der Waals surface area contributed by atoms with Crippen LogP contribution in [0.5, 0.6) is 0 Å². The van der Waals surface area contributed by atoms with Crippen LogP contribution in [0.2, 0.25) is 0 Å². The third-order valence-electron chi connectivity index (χ3n) is 5.77. The number of carbonyl (C=O) groups excluding carboxylic acids is 1. The van der Waals surface area contributed by atoms with Crippen LogP contribution in [-0.2, 0) is 9.53 Å². The van der Waals surface area contributed by atoms with Gasteiger partial charge in [0.1, 0.15) is 17.5 Å². The predicted molar refractivity (Wildman–Crippen MR) is 137 cm³/mol. The average molecular weight is 533 g/mol. The molecule has 1 aromatic heterocycles. The molecule has 1 unspecified atom stereocenters. The fourth-order valence-corrected chi connectivity index (χ4v) is 4.44. The fraction of sp³-hybridized carbons (Fsp3) is 0.296. The molecule has 0 aliphatic heterocycles. The number of ether oxygens (including phenoxy) is 1. The lowest BCUT2D eigenvalue weighted by Crippen LogP contribution is -2.13. The second kappa shape index (κ2) is 12.6. The zero-order valence-electron chi connectivity index (χ0n) is 20.6. The van der Waals surface area contributed by atoms with Gasteiger partial charge in [0.05, 0.1) is 11.8 Å². The van der Waals surface area contributed by atoms with E-state index in [0.717, 1.165) is 48.8 Å². The Balaban J connectivity index is 1.80. The SMILES string of the molecule is CCCCCC(OC)c1cccc(-c2csc(NC(=O)c3cc(F)c(C=C(C)C(=O)O)c(F)c3)n2)c1F. The number of carboxylic acids is 1. The highest BCUT2D eigenvalue weighted by Gasteiger charge is 2.21. The van der Waals surface area contributed by atoms with Gasteiger partial charge in [-0.3, -0.25) is 10.1 Å². The van der Waals surface area contributed by atoms with Crippen LogP contribution in [0, 0.1) is 17.5 Å². The number of amides is 1. The Morgan fingerprint density at radius 2 is 1.89 bits per heavy atom. The minimum Gasteiger partial charge on any atom is -0.478 e. The summed E-state index contributed by atoms with van der Waals surface area (Å²) in [7, 11) is 1.54. The molecular formula is C27H27F3N2O4S. The van der Waals surface area contributed by atoms with Gasteiger partial charge in [0.25, 0.3) is 5.91 Å². The number of rotatable bonds is 11. The Labute approximate surface area is 216 Å². The van der Waals surface area contributed by atoms with E-state index in [1.54, 1.807) is 30.7 Å². The first-order valence-electron chi connectivity index (χ1n) is 11.6. The summed E-state index contributed by atoms with van der Waals surface area (Å²) in [5, 5.41) is 13.1. The molecule has 0 aliphatic carbocycles.